The van der Waals surface area contributed by atoms with Crippen molar-refractivity contribution in [3.05, 3.63) is 5.82 Å². The van der Waals surface area contributed by atoms with Crippen LogP contribution in [0.25, 0.3) is 0 Å². The van der Waals surface area contributed by atoms with Gasteiger partial charge < -0.3 is 9.84 Å². The molecular weight excluding hydrogens is 236 g/mol. The zero-order chi connectivity index (χ0) is 13.9. The van der Waals surface area contributed by atoms with Gasteiger partial charge in [0, 0.05) is 7.11 Å². The summed E-state index contributed by atoms with van der Waals surface area (Å²) in [5.41, 5.74) is -0.658. The van der Waals surface area contributed by atoms with Crippen molar-refractivity contribution in [1.29, 1.82) is 0 Å². The highest BCUT2D eigenvalue weighted by Gasteiger charge is 2.32. The first kappa shape index (κ1) is 14.6. The molecule has 0 aromatic carbocycles. The third-order valence-electron chi connectivity index (χ3n) is 3.01. The van der Waals surface area contributed by atoms with Gasteiger partial charge in [0.2, 0.25) is 0 Å². The van der Waals surface area contributed by atoms with E-state index in [-0.39, 0.29) is 18.4 Å². The summed E-state index contributed by atoms with van der Waals surface area (Å²) in [5.74, 6) is -0.230. The number of carboxylic acid groups (broad SMARTS) is 1. The molecule has 7 nitrogen and oxygen atoms in total. The minimum atomic E-state index is -0.870. The zero-order valence-corrected chi connectivity index (χ0v) is 11.4. The van der Waals surface area contributed by atoms with Gasteiger partial charge in [-0.05, 0) is 30.2 Å². The van der Waals surface area contributed by atoms with Gasteiger partial charge >= 0.3 is 5.97 Å². The minimum Gasteiger partial charge on any atom is -0.481 e. The molecule has 1 atom stereocenters. The normalized spacial score (nSPS) is 13.9. The van der Waals surface area contributed by atoms with Crippen molar-refractivity contribution in [1.82, 2.24) is 20.2 Å². The van der Waals surface area contributed by atoms with Gasteiger partial charge in [-0.25, -0.2) is 4.68 Å². The van der Waals surface area contributed by atoms with Crippen LogP contribution in [0.2, 0.25) is 0 Å². The molecule has 0 aliphatic rings. The molecule has 18 heavy (non-hydrogen) atoms. The number of nitrogens with zero attached hydrogens (tertiary/aromatic N) is 4. The number of tetrazole rings is 1. The molecule has 0 radical (unpaired) electrons. The predicted molar refractivity (Wildman–Crippen MR) is 64.0 cm³/mol. The van der Waals surface area contributed by atoms with Crippen molar-refractivity contribution in [3.8, 4) is 0 Å². The van der Waals surface area contributed by atoms with Crippen molar-refractivity contribution in [2.45, 2.75) is 45.8 Å². The van der Waals surface area contributed by atoms with E-state index >= 15 is 0 Å². The molecule has 0 amide bonds. The molecule has 1 aromatic heterocycles. The van der Waals surface area contributed by atoms with Crippen molar-refractivity contribution >= 4 is 5.97 Å². The van der Waals surface area contributed by atoms with Crippen LogP contribution in [0.1, 0.15) is 46.0 Å². The third kappa shape index (κ3) is 3.04. The zero-order valence-electron chi connectivity index (χ0n) is 11.4. The van der Waals surface area contributed by atoms with E-state index in [4.69, 9.17) is 9.84 Å². The van der Waals surface area contributed by atoms with Crippen LogP contribution in [0.5, 0.6) is 0 Å². The minimum absolute atomic E-state index is 0.0184. The Balaban J connectivity index is 3.14. The van der Waals surface area contributed by atoms with Crippen molar-refractivity contribution in [2.75, 3.05) is 7.11 Å². The van der Waals surface area contributed by atoms with Gasteiger partial charge in [-0.3, -0.25) is 4.79 Å². The molecule has 0 aliphatic heterocycles. The van der Waals surface area contributed by atoms with Gasteiger partial charge in [0.15, 0.2) is 5.82 Å². The fourth-order valence-electron chi connectivity index (χ4n) is 1.69. The number of methoxy groups -OCH3 is 1. The van der Waals surface area contributed by atoms with Crippen LogP contribution in [-0.4, -0.2) is 38.4 Å². The summed E-state index contributed by atoms with van der Waals surface area (Å²) in [5, 5.41) is 20.5. The Morgan fingerprint density at radius 1 is 1.50 bits per heavy atom. The third-order valence-corrected chi connectivity index (χ3v) is 3.01. The molecule has 0 bridgehead atoms. The number of hydrogen-bond acceptors (Lipinski definition) is 5. The Morgan fingerprint density at radius 3 is 2.56 bits per heavy atom. The first-order valence-electron chi connectivity index (χ1n) is 5.85. The Hall–Kier alpha value is -1.50. The van der Waals surface area contributed by atoms with Crippen LogP contribution < -0.4 is 0 Å². The summed E-state index contributed by atoms with van der Waals surface area (Å²) in [7, 11) is 1.57. The van der Waals surface area contributed by atoms with E-state index in [2.05, 4.69) is 15.5 Å². The number of hydrogen-bond donors (Lipinski definition) is 1. The van der Waals surface area contributed by atoms with Gasteiger partial charge in [0.25, 0.3) is 0 Å². The predicted octanol–water partition coefficient (Wildman–Crippen LogP) is 1.23. The number of aliphatic carboxylic acids is 1. The van der Waals surface area contributed by atoms with E-state index in [1.807, 2.05) is 27.7 Å². The molecular formula is C11H20N4O3. The van der Waals surface area contributed by atoms with Gasteiger partial charge in [-0.2, -0.15) is 0 Å². The Kier molecular flexibility index (Phi) is 4.39. The van der Waals surface area contributed by atoms with E-state index in [1.165, 1.54) is 0 Å². The lowest BCUT2D eigenvalue weighted by atomic mass is 10.00. The van der Waals surface area contributed by atoms with Gasteiger partial charge in [0.05, 0.1) is 12.5 Å². The summed E-state index contributed by atoms with van der Waals surface area (Å²) in [6.07, 6.45) is -0.0184. The van der Waals surface area contributed by atoms with Crippen LogP contribution in [0.15, 0.2) is 0 Å². The molecule has 7 heteroatoms. The Bertz CT molecular complexity index is 414. The lowest BCUT2D eigenvalue weighted by Crippen LogP contribution is -2.30. The van der Waals surface area contributed by atoms with E-state index in [0.717, 1.165) is 0 Å². The Morgan fingerprint density at radius 2 is 2.11 bits per heavy atom. The molecule has 1 unspecified atom stereocenters. The molecule has 0 spiro atoms. The number of rotatable bonds is 6. The molecule has 1 N–H and O–H groups in total. The fourth-order valence-corrected chi connectivity index (χ4v) is 1.69. The standard InChI is InChI=1S/C11H20N4O3/c1-7(2)8(6-9(16)17)15-10(12-13-14-15)11(3,4)18-5/h7-8H,6H2,1-5H3,(H,16,17). The Labute approximate surface area is 106 Å². The maximum Gasteiger partial charge on any atom is 0.305 e. The number of aromatic nitrogens is 4. The van der Waals surface area contributed by atoms with E-state index in [9.17, 15) is 4.79 Å². The van der Waals surface area contributed by atoms with Gasteiger partial charge in [-0.1, -0.05) is 13.8 Å². The number of carboxylic acids is 1. The summed E-state index contributed by atoms with van der Waals surface area (Å²) in [6.45, 7) is 7.57. The van der Waals surface area contributed by atoms with Crippen molar-refractivity contribution in [2.24, 2.45) is 5.92 Å². The van der Waals surface area contributed by atoms with Crippen LogP contribution in [-0.2, 0) is 15.1 Å². The second-order valence-corrected chi connectivity index (χ2v) is 5.07. The first-order chi connectivity index (χ1) is 8.29. The van der Waals surface area contributed by atoms with E-state index < -0.39 is 11.6 Å². The largest absolute Gasteiger partial charge is 0.481 e. The monoisotopic (exact) mass is 256 g/mol. The quantitative estimate of drug-likeness (QED) is 0.823. The number of ether oxygens (including phenoxy) is 1. The molecule has 1 aromatic rings. The lowest BCUT2D eigenvalue weighted by molar-refractivity contribution is -0.138. The van der Waals surface area contributed by atoms with Crippen LogP contribution in [0.3, 0.4) is 0 Å². The summed E-state index contributed by atoms with van der Waals surface area (Å²) in [4.78, 5) is 10.9. The van der Waals surface area contributed by atoms with E-state index in [1.54, 1.807) is 11.8 Å². The van der Waals surface area contributed by atoms with Crippen LogP contribution in [0, 0.1) is 5.92 Å². The molecule has 0 saturated carbocycles. The average molecular weight is 256 g/mol. The molecule has 0 aliphatic carbocycles. The average Bonchev–Trinajstić information content (AvgIpc) is 2.74. The molecule has 0 fully saturated rings. The smallest absolute Gasteiger partial charge is 0.305 e. The maximum atomic E-state index is 10.9. The molecule has 102 valence electrons. The molecule has 0 saturated heterocycles. The van der Waals surface area contributed by atoms with E-state index in [0.29, 0.717) is 5.82 Å². The van der Waals surface area contributed by atoms with Crippen LogP contribution >= 0.6 is 0 Å². The highest BCUT2D eigenvalue weighted by molar-refractivity contribution is 5.67. The SMILES string of the molecule is COC(C)(C)c1nnnn1C(CC(=O)O)C(C)C. The lowest BCUT2D eigenvalue weighted by Gasteiger charge is -2.26. The molecule has 1 heterocycles. The fraction of sp³-hybridized carbons (Fsp3) is 0.818. The second-order valence-electron chi connectivity index (χ2n) is 5.07. The maximum absolute atomic E-state index is 10.9. The summed E-state index contributed by atoms with van der Waals surface area (Å²) < 4.78 is 6.90. The second kappa shape index (κ2) is 5.43. The summed E-state index contributed by atoms with van der Waals surface area (Å²) in [6, 6.07) is -0.290. The van der Waals surface area contributed by atoms with Crippen molar-refractivity contribution in [3.63, 3.8) is 0 Å². The van der Waals surface area contributed by atoms with Crippen molar-refractivity contribution < 1.29 is 14.6 Å². The first-order valence-corrected chi connectivity index (χ1v) is 5.85. The van der Waals surface area contributed by atoms with Gasteiger partial charge in [-0.15, -0.1) is 5.10 Å². The molecule has 1 rings (SSSR count). The highest BCUT2D eigenvalue weighted by atomic mass is 16.5. The highest BCUT2D eigenvalue weighted by Crippen LogP contribution is 2.27. The van der Waals surface area contributed by atoms with Crippen LogP contribution in [0.4, 0.5) is 0 Å². The van der Waals surface area contributed by atoms with Gasteiger partial charge in [0.1, 0.15) is 5.60 Å². The topological polar surface area (TPSA) is 90.1 Å². The summed E-state index contributed by atoms with van der Waals surface area (Å²) >= 11 is 0. The number of carbonyl (C=O) groups is 1.